The lowest BCUT2D eigenvalue weighted by Gasteiger charge is -2.37. The number of carbonyl (C=O) groups excluding carboxylic acids is 1. The first-order valence-electron chi connectivity index (χ1n) is 6.71. The number of rotatable bonds is 1. The van der Waals surface area contributed by atoms with Gasteiger partial charge in [-0.15, -0.1) is 0 Å². The molecule has 0 radical (unpaired) electrons. The van der Waals surface area contributed by atoms with E-state index in [0.29, 0.717) is 5.56 Å². The average Bonchev–Trinajstić information content (AvgIpc) is 2.35. The Bertz CT molecular complexity index is 818. The van der Waals surface area contributed by atoms with Crippen molar-refractivity contribution in [2.45, 2.75) is 24.9 Å². The Hall–Kier alpha value is -2.60. The van der Waals surface area contributed by atoms with Crippen LogP contribution in [0.4, 0.5) is 0 Å². The van der Waals surface area contributed by atoms with Gasteiger partial charge in [0.2, 0.25) is 0 Å². The van der Waals surface area contributed by atoms with Crippen molar-refractivity contribution < 1.29 is 24.5 Å². The second-order valence-corrected chi connectivity index (χ2v) is 5.67. The third kappa shape index (κ3) is 2.17. The zero-order valence-corrected chi connectivity index (χ0v) is 11.7. The van der Waals surface area contributed by atoms with Crippen molar-refractivity contribution in [1.29, 1.82) is 0 Å². The van der Waals surface area contributed by atoms with Crippen LogP contribution in [0.25, 0.3) is 0 Å². The van der Waals surface area contributed by atoms with Crippen LogP contribution < -0.4 is 5.63 Å². The standard InChI is InChI=1S/C16H14O6/c1-16(21)7-11(19)14-9(3-2-4-10(14)18)15(16)12-5-8(17)6-13(20)22-12/h2-6,15,17-18,21H,7H2,1H3. The number of ketones is 1. The topological polar surface area (TPSA) is 108 Å². The van der Waals surface area contributed by atoms with E-state index in [-0.39, 0.29) is 29.2 Å². The average molecular weight is 302 g/mol. The van der Waals surface area contributed by atoms with E-state index in [0.717, 1.165) is 6.07 Å². The Balaban J connectivity index is 2.29. The summed E-state index contributed by atoms with van der Waals surface area (Å²) in [6, 6.07) is 6.64. The van der Waals surface area contributed by atoms with Gasteiger partial charge in [0, 0.05) is 12.5 Å². The molecule has 0 spiro atoms. The Kier molecular flexibility index (Phi) is 3.07. The number of aromatic hydroxyl groups is 2. The highest BCUT2D eigenvalue weighted by molar-refractivity contribution is 6.02. The first kappa shape index (κ1) is 14.3. The number of hydrogen-bond acceptors (Lipinski definition) is 6. The normalized spacial score (nSPS) is 24.1. The van der Waals surface area contributed by atoms with Gasteiger partial charge >= 0.3 is 5.63 Å². The van der Waals surface area contributed by atoms with E-state index in [9.17, 15) is 24.9 Å². The van der Waals surface area contributed by atoms with Gasteiger partial charge in [0.25, 0.3) is 0 Å². The summed E-state index contributed by atoms with van der Waals surface area (Å²) < 4.78 is 5.10. The molecule has 2 atom stereocenters. The number of aliphatic hydroxyl groups is 1. The number of fused-ring (bicyclic) bond motifs is 1. The molecule has 2 unspecified atom stereocenters. The van der Waals surface area contributed by atoms with Crippen molar-refractivity contribution in [2.24, 2.45) is 0 Å². The van der Waals surface area contributed by atoms with Gasteiger partial charge in [-0.25, -0.2) is 4.79 Å². The van der Waals surface area contributed by atoms with Crippen molar-refractivity contribution in [2.75, 3.05) is 0 Å². The molecular formula is C16H14O6. The molecule has 1 heterocycles. The van der Waals surface area contributed by atoms with Crippen molar-refractivity contribution in [3.05, 3.63) is 57.6 Å². The van der Waals surface area contributed by atoms with Gasteiger partial charge in [0.1, 0.15) is 17.3 Å². The fourth-order valence-electron chi connectivity index (χ4n) is 3.04. The van der Waals surface area contributed by atoms with Gasteiger partial charge < -0.3 is 19.7 Å². The quantitative estimate of drug-likeness (QED) is 0.737. The molecule has 22 heavy (non-hydrogen) atoms. The van der Waals surface area contributed by atoms with Gasteiger partial charge in [-0.2, -0.15) is 0 Å². The summed E-state index contributed by atoms with van der Waals surface area (Å²) in [5.74, 6) is -1.69. The second-order valence-electron chi connectivity index (χ2n) is 5.67. The molecule has 1 aromatic carbocycles. The number of carbonyl (C=O) groups is 1. The number of hydrogen-bond donors (Lipinski definition) is 3. The van der Waals surface area contributed by atoms with Gasteiger partial charge in [-0.3, -0.25) is 4.79 Å². The molecule has 114 valence electrons. The Morgan fingerprint density at radius 3 is 2.64 bits per heavy atom. The summed E-state index contributed by atoms with van der Waals surface area (Å²) in [7, 11) is 0. The van der Waals surface area contributed by atoms with Crippen LogP contribution in [0.2, 0.25) is 0 Å². The highest BCUT2D eigenvalue weighted by Crippen LogP contribution is 2.45. The monoisotopic (exact) mass is 302 g/mol. The summed E-state index contributed by atoms with van der Waals surface area (Å²) >= 11 is 0. The van der Waals surface area contributed by atoms with E-state index in [1.807, 2.05) is 0 Å². The van der Waals surface area contributed by atoms with Crippen molar-refractivity contribution in [3.63, 3.8) is 0 Å². The largest absolute Gasteiger partial charge is 0.508 e. The summed E-state index contributed by atoms with van der Waals surface area (Å²) in [5, 5.41) is 30.1. The van der Waals surface area contributed by atoms with E-state index in [4.69, 9.17) is 4.42 Å². The third-order valence-corrected chi connectivity index (χ3v) is 3.86. The molecule has 0 aliphatic heterocycles. The highest BCUT2D eigenvalue weighted by Gasteiger charge is 2.45. The zero-order valence-electron chi connectivity index (χ0n) is 11.7. The molecule has 1 aliphatic carbocycles. The first-order chi connectivity index (χ1) is 10.3. The molecule has 0 bridgehead atoms. The molecule has 3 N–H and O–H groups in total. The summed E-state index contributed by atoms with van der Waals surface area (Å²) in [6.45, 7) is 1.45. The molecule has 0 amide bonds. The van der Waals surface area contributed by atoms with Gasteiger partial charge in [0.15, 0.2) is 5.78 Å². The van der Waals surface area contributed by atoms with Crippen molar-refractivity contribution in [3.8, 4) is 11.5 Å². The van der Waals surface area contributed by atoms with Gasteiger partial charge in [-0.1, -0.05) is 12.1 Å². The van der Waals surface area contributed by atoms with Gasteiger partial charge in [-0.05, 0) is 18.6 Å². The summed E-state index contributed by atoms with van der Waals surface area (Å²) in [5.41, 5.74) is -1.81. The molecule has 0 saturated carbocycles. The molecule has 0 saturated heterocycles. The van der Waals surface area contributed by atoms with Crippen LogP contribution >= 0.6 is 0 Å². The fourth-order valence-corrected chi connectivity index (χ4v) is 3.04. The maximum Gasteiger partial charge on any atom is 0.339 e. The molecular weight excluding hydrogens is 288 g/mol. The lowest BCUT2D eigenvalue weighted by molar-refractivity contribution is 0.0219. The molecule has 6 heteroatoms. The Morgan fingerprint density at radius 2 is 1.95 bits per heavy atom. The summed E-state index contributed by atoms with van der Waals surface area (Å²) in [6.07, 6.45) is -0.235. The smallest absolute Gasteiger partial charge is 0.339 e. The lowest BCUT2D eigenvalue weighted by Crippen LogP contribution is -2.41. The molecule has 0 fully saturated rings. The zero-order chi connectivity index (χ0) is 16.1. The molecule has 2 aromatic rings. The predicted octanol–water partition coefficient (Wildman–Crippen LogP) is 1.52. The molecule has 6 nitrogen and oxygen atoms in total. The number of phenolic OH excluding ortho intramolecular Hbond substituents is 1. The fraction of sp³-hybridized carbons (Fsp3) is 0.250. The predicted molar refractivity (Wildman–Crippen MR) is 76.2 cm³/mol. The van der Waals surface area contributed by atoms with Crippen LogP contribution in [0.1, 0.15) is 40.9 Å². The summed E-state index contributed by atoms with van der Waals surface area (Å²) in [4.78, 5) is 23.7. The van der Waals surface area contributed by atoms with Crippen LogP contribution in [-0.2, 0) is 0 Å². The van der Waals surface area contributed by atoms with E-state index in [1.54, 1.807) is 6.07 Å². The van der Waals surface area contributed by atoms with Crippen LogP contribution in [0.5, 0.6) is 11.5 Å². The Labute approximate surface area is 125 Å². The minimum atomic E-state index is -1.51. The van der Waals surface area contributed by atoms with Crippen LogP contribution in [-0.4, -0.2) is 26.7 Å². The SMILES string of the molecule is CC1(O)CC(=O)c2c(O)cccc2C1c1cc(O)cc(=O)o1. The lowest BCUT2D eigenvalue weighted by atomic mass is 9.71. The van der Waals surface area contributed by atoms with Crippen molar-refractivity contribution in [1.82, 2.24) is 0 Å². The number of phenols is 1. The van der Waals surface area contributed by atoms with Gasteiger partial charge in [0.05, 0.1) is 23.1 Å². The maximum absolute atomic E-state index is 12.2. The molecule has 3 rings (SSSR count). The number of Topliss-reactive ketones (excluding diaryl/α,β-unsaturated/α-hetero) is 1. The minimum absolute atomic E-state index is 0.0364. The van der Waals surface area contributed by atoms with Crippen LogP contribution in [0, 0.1) is 0 Å². The Morgan fingerprint density at radius 1 is 1.23 bits per heavy atom. The first-order valence-corrected chi connectivity index (χ1v) is 6.71. The second kappa shape index (κ2) is 4.71. The minimum Gasteiger partial charge on any atom is -0.508 e. The number of benzene rings is 1. The highest BCUT2D eigenvalue weighted by atomic mass is 16.4. The third-order valence-electron chi connectivity index (χ3n) is 3.86. The maximum atomic E-state index is 12.2. The molecule has 1 aliphatic rings. The van der Waals surface area contributed by atoms with E-state index >= 15 is 0 Å². The van der Waals surface area contributed by atoms with E-state index in [2.05, 4.69) is 0 Å². The van der Waals surface area contributed by atoms with Crippen molar-refractivity contribution >= 4 is 5.78 Å². The van der Waals surface area contributed by atoms with E-state index < -0.39 is 22.9 Å². The molecule has 1 aromatic heterocycles. The van der Waals surface area contributed by atoms with E-state index in [1.165, 1.54) is 25.1 Å². The van der Waals surface area contributed by atoms with Crippen LogP contribution in [0.15, 0.2) is 39.5 Å². The van der Waals surface area contributed by atoms with Crippen LogP contribution in [0.3, 0.4) is 0 Å².